The highest BCUT2D eigenvalue weighted by Crippen LogP contribution is 2.31. The maximum absolute atomic E-state index is 12.5. The summed E-state index contributed by atoms with van der Waals surface area (Å²) < 4.78 is 11.0. The highest BCUT2D eigenvalue weighted by Gasteiger charge is 2.16. The van der Waals surface area contributed by atoms with Crippen LogP contribution in [0.2, 0.25) is 10.0 Å². The Morgan fingerprint density at radius 3 is 2.50 bits per heavy atom. The van der Waals surface area contributed by atoms with Gasteiger partial charge in [0.2, 0.25) is 0 Å². The van der Waals surface area contributed by atoms with E-state index in [0.29, 0.717) is 21.4 Å². The van der Waals surface area contributed by atoms with Crippen molar-refractivity contribution >= 4 is 52.1 Å². The molecule has 0 unspecified atom stereocenters. The highest BCUT2D eigenvalue weighted by molar-refractivity contribution is 7.80. The number of benzene rings is 2. The predicted octanol–water partition coefficient (Wildman–Crippen LogP) is 5.21. The molecule has 6 nitrogen and oxygen atoms in total. The molecule has 4 rings (SSSR count). The molecule has 3 aromatic rings. The lowest BCUT2D eigenvalue weighted by molar-refractivity contribution is 0.0342. The van der Waals surface area contributed by atoms with Crippen molar-refractivity contribution in [3.05, 3.63) is 76.0 Å². The Balaban J connectivity index is 1.32. The summed E-state index contributed by atoms with van der Waals surface area (Å²) in [5.41, 5.74) is 2.64. The van der Waals surface area contributed by atoms with Crippen molar-refractivity contribution in [1.29, 1.82) is 0 Å². The lowest BCUT2D eigenvalue weighted by atomic mass is 10.2. The average Bonchev–Trinajstić information content (AvgIpc) is 3.26. The molecule has 2 N–H and O–H groups in total. The Morgan fingerprint density at radius 1 is 1.03 bits per heavy atom. The Hall–Kier alpha value is -2.42. The second-order valence-corrected chi connectivity index (χ2v) is 8.53. The standard InChI is InChI=1S/C23H21Cl2N3O3S/c24-16-3-6-18(19(25)13-16)20-7-8-21(31-20)22(29)27-23(32)26-17-4-1-15(2-5-17)14-28-9-11-30-12-10-28/h1-8,13H,9-12,14H2,(H2,26,27,29,32). The number of thiocarbonyl (C=S) groups is 1. The fourth-order valence-electron chi connectivity index (χ4n) is 3.33. The number of anilines is 1. The van der Waals surface area contributed by atoms with Gasteiger partial charge < -0.3 is 14.5 Å². The molecule has 9 heteroatoms. The van der Waals surface area contributed by atoms with Crippen molar-refractivity contribution in [3.63, 3.8) is 0 Å². The molecular weight excluding hydrogens is 469 g/mol. The van der Waals surface area contributed by atoms with Gasteiger partial charge in [-0.3, -0.25) is 15.0 Å². The van der Waals surface area contributed by atoms with Gasteiger partial charge in [-0.1, -0.05) is 35.3 Å². The van der Waals surface area contributed by atoms with Gasteiger partial charge in [-0.15, -0.1) is 0 Å². The summed E-state index contributed by atoms with van der Waals surface area (Å²) in [5, 5.41) is 6.78. The van der Waals surface area contributed by atoms with E-state index in [1.54, 1.807) is 30.3 Å². The molecule has 1 aliphatic heterocycles. The maximum Gasteiger partial charge on any atom is 0.293 e. The molecule has 0 radical (unpaired) electrons. The largest absolute Gasteiger partial charge is 0.451 e. The fourth-order valence-corrected chi connectivity index (χ4v) is 4.04. The van der Waals surface area contributed by atoms with Crippen LogP contribution in [0.15, 0.2) is 59.0 Å². The first-order valence-corrected chi connectivity index (χ1v) is 11.2. The van der Waals surface area contributed by atoms with Crippen molar-refractivity contribution in [2.24, 2.45) is 0 Å². The zero-order valence-corrected chi connectivity index (χ0v) is 19.4. The minimum absolute atomic E-state index is 0.121. The summed E-state index contributed by atoms with van der Waals surface area (Å²) >= 11 is 17.4. The summed E-state index contributed by atoms with van der Waals surface area (Å²) in [6, 6.07) is 16.2. The molecule has 1 amide bonds. The zero-order valence-electron chi connectivity index (χ0n) is 17.1. The minimum Gasteiger partial charge on any atom is -0.451 e. The molecule has 0 aliphatic carbocycles. The molecule has 32 heavy (non-hydrogen) atoms. The van der Waals surface area contributed by atoms with Gasteiger partial charge in [0.15, 0.2) is 10.9 Å². The lowest BCUT2D eigenvalue weighted by Gasteiger charge is -2.26. The molecule has 166 valence electrons. The van der Waals surface area contributed by atoms with Crippen LogP contribution in [0, 0.1) is 0 Å². The highest BCUT2D eigenvalue weighted by atomic mass is 35.5. The number of halogens is 2. The molecule has 1 aromatic heterocycles. The Bertz CT molecular complexity index is 1110. The second kappa shape index (κ2) is 10.5. The van der Waals surface area contributed by atoms with Gasteiger partial charge >= 0.3 is 0 Å². The van der Waals surface area contributed by atoms with Gasteiger partial charge in [-0.25, -0.2) is 0 Å². The Labute approximate surface area is 201 Å². The smallest absolute Gasteiger partial charge is 0.293 e. The number of rotatable bonds is 5. The Kier molecular flexibility index (Phi) is 7.44. The molecule has 1 fully saturated rings. The van der Waals surface area contributed by atoms with Crippen LogP contribution in [0.5, 0.6) is 0 Å². The number of hydrogen-bond acceptors (Lipinski definition) is 5. The number of carbonyl (C=O) groups is 1. The minimum atomic E-state index is -0.456. The van der Waals surface area contributed by atoms with Gasteiger partial charge in [0.1, 0.15) is 5.76 Å². The summed E-state index contributed by atoms with van der Waals surface area (Å²) in [7, 11) is 0. The van der Waals surface area contributed by atoms with Gasteiger partial charge in [0.25, 0.3) is 5.91 Å². The first kappa shape index (κ1) is 22.8. The molecule has 0 spiro atoms. The monoisotopic (exact) mass is 489 g/mol. The number of amides is 1. The zero-order chi connectivity index (χ0) is 22.5. The quantitative estimate of drug-likeness (QED) is 0.479. The van der Waals surface area contributed by atoms with Crippen LogP contribution in [0.3, 0.4) is 0 Å². The average molecular weight is 490 g/mol. The van der Waals surface area contributed by atoms with E-state index in [9.17, 15) is 4.79 Å². The number of carbonyl (C=O) groups excluding carboxylic acids is 1. The SMILES string of the molecule is O=C(NC(=S)Nc1ccc(CN2CCOCC2)cc1)c1ccc(-c2ccc(Cl)cc2Cl)o1. The van der Waals surface area contributed by atoms with Gasteiger partial charge in [-0.05, 0) is 60.2 Å². The van der Waals surface area contributed by atoms with Crippen molar-refractivity contribution in [3.8, 4) is 11.3 Å². The van der Waals surface area contributed by atoms with Crippen LogP contribution in [0.1, 0.15) is 16.1 Å². The van der Waals surface area contributed by atoms with E-state index in [-0.39, 0.29) is 10.9 Å². The van der Waals surface area contributed by atoms with Crippen LogP contribution < -0.4 is 10.6 Å². The molecule has 0 bridgehead atoms. The van der Waals surface area contributed by atoms with E-state index in [1.807, 2.05) is 24.3 Å². The van der Waals surface area contributed by atoms with Crippen molar-refractivity contribution in [2.45, 2.75) is 6.54 Å². The number of hydrogen-bond donors (Lipinski definition) is 2. The van der Waals surface area contributed by atoms with Gasteiger partial charge in [0, 0.05) is 35.9 Å². The molecular formula is C23H21Cl2N3O3S. The summed E-state index contributed by atoms with van der Waals surface area (Å²) in [4.78, 5) is 14.9. The molecule has 1 saturated heterocycles. The number of ether oxygens (including phenoxy) is 1. The number of morpholine rings is 1. The number of furan rings is 1. The van der Waals surface area contributed by atoms with Crippen molar-refractivity contribution < 1.29 is 13.9 Å². The van der Waals surface area contributed by atoms with Crippen LogP contribution >= 0.6 is 35.4 Å². The second-order valence-electron chi connectivity index (χ2n) is 7.28. The van der Waals surface area contributed by atoms with Crippen LogP contribution in [0.4, 0.5) is 5.69 Å². The topological polar surface area (TPSA) is 66.7 Å². The summed E-state index contributed by atoms with van der Waals surface area (Å²) in [6.07, 6.45) is 0. The van der Waals surface area contributed by atoms with Crippen LogP contribution in [0.25, 0.3) is 11.3 Å². The van der Waals surface area contributed by atoms with Crippen LogP contribution in [-0.2, 0) is 11.3 Å². The van der Waals surface area contributed by atoms with Gasteiger partial charge in [0.05, 0.1) is 18.2 Å². The van der Waals surface area contributed by atoms with E-state index in [0.717, 1.165) is 38.5 Å². The molecule has 1 aliphatic rings. The van der Waals surface area contributed by atoms with Crippen molar-refractivity contribution in [1.82, 2.24) is 10.2 Å². The van der Waals surface area contributed by atoms with E-state index < -0.39 is 5.91 Å². The molecule has 2 heterocycles. The molecule has 0 saturated carbocycles. The van der Waals surface area contributed by atoms with E-state index in [2.05, 4.69) is 15.5 Å². The third kappa shape index (κ3) is 5.88. The lowest BCUT2D eigenvalue weighted by Crippen LogP contribution is -2.35. The third-order valence-corrected chi connectivity index (χ3v) is 5.73. The Morgan fingerprint density at radius 2 is 1.78 bits per heavy atom. The molecule has 2 aromatic carbocycles. The first-order chi connectivity index (χ1) is 15.5. The van der Waals surface area contributed by atoms with E-state index in [1.165, 1.54) is 5.56 Å². The van der Waals surface area contributed by atoms with E-state index in [4.69, 9.17) is 44.6 Å². The fraction of sp³-hybridized carbons (Fsp3) is 0.217. The van der Waals surface area contributed by atoms with Gasteiger partial charge in [-0.2, -0.15) is 0 Å². The summed E-state index contributed by atoms with van der Waals surface area (Å²) in [5.74, 6) is 0.130. The third-order valence-electron chi connectivity index (χ3n) is 4.98. The number of nitrogens with zero attached hydrogens (tertiary/aromatic N) is 1. The normalized spacial score (nSPS) is 14.2. The van der Waals surface area contributed by atoms with Crippen molar-refractivity contribution in [2.75, 3.05) is 31.6 Å². The molecule has 0 atom stereocenters. The predicted molar refractivity (Wildman–Crippen MR) is 130 cm³/mol. The maximum atomic E-state index is 12.5. The van der Waals surface area contributed by atoms with E-state index >= 15 is 0 Å². The van der Waals surface area contributed by atoms with Crippen LogP contribution in [-0.4, -0.2) is 42.2 Å². The number of nitrogens with one attached hydrogen (secondary N) is 2. The first-order valence-electron chi connectivity index (χ1n) is 10.0. The summed E-state index contributed by atoms with van der Waals surface area (Å²) in [6.45, 7) is 4.31.